The zero-order valence-electron chi connectivity index (χ0n) is 31.6. The molecular formula is C43H53NO10. The number of ether oxygens (including phenoxy) is 7. The molecule has 3 aromatic carbocycles. The molecule has 0 aliphatic carbocycles. The van der Waals surface area contributed by atoms with E-state index in [1.807, 2.05) is 103 Å². The Kier molecular flexibility index (Phi) is 14.8. The van der Waals surface area contributed by atoms with Gasteiger partial charge >= 0.3 is 18.0 Å². The summed E-state index contributed by atoms with van der Waals surface area (Å²) >= 11 is 0. The number of hydrogen-bond donors (Lipinski definition) is 1. The van der Waals surface area contributed by atoms with Crippen LogP contribution in [0.4, 0.5) is 4.79 Å². The molecule has 11 heteroatoms. The van der Waals surface area contributed by atoms with Crippen LogP contribution in [0.25, 0.3) is 0 Å². The Hall–Kier alpha value is -4.55. The van der Waals surface area contributed by atoms with Gasteiger partial charge in [-0.15, -0.1) is 0 Å². The molecule has 0 saturated carbocycles. The molecule has 54 heavy (non-hydrogen) atoms. The van der Waals surface area contributed by atoms with Crippen molar-refractivity contribution in [2.45, 2.75) is 114 Å². The van der Waals surface area contributed by atoms with Crippen molar-refractivity contribution in [3.05, 3.63) is 120 Å². The molecule has 2 heterocycles. The van der Waals surface area contributed by atoms with Crippen LogP contribution in [0.5, 0.6) is 0 Å². The summed E-state index contributed by atoms with van der Waals surface area (Å²) in [5, 5.41) is 2.77. The Morgan fingerprint density at radius 3 is 1.80 bits per heavy atom. The van der Waals surface area contributed by atoms with Crippen LogP contribution in [0.15, 0.2) is 103 Å². The Morgan fingerprint density at radius 2 is 1.28 bits per heavy atom. The number of amides is 1. The Bertz CT molecular complexity index is 1640. The van der Waals surface area contributed by atoms with Crippen molar-refractivity contribution in [2.75, 3.05) is 13.7 Å². The molecule has 11 nitrogen and oxygen atoms in total. The van der Waals surface area contributed by atoms with Crippen molar-refractivity contribution in [3.8, 4) is 0 Å². The first-order chi connectivity index (χ1) is 26.0. The minimum absolute atomic E-state index is 0.0130. The van der Waals surface area contributed by atoms with Crippen LogP contribution in [0, 0.1) is 0 Å². The first-order valence-corrected chi connectivity index (χ1v) is 18.6. The Balaban J connectivity index is 1.49. The second-order valence-electron chi connectivity index (χ2n) is 14.6. The van der Waals surface area contributed by atoms with Crippen LogP contribution in [-0.4, -0.2) is 73.4 Å². The van der Waals surface area contributed by atoms with Crippen molar-refractivity contribution in [1.29, 1.82) is 0 Å². The summed E-state index contributed by atoms with van der Waals surface area (Å²) in [6.07, 6.45) is 0.559. The number of esters is 2. The van der Waals surface area contributed by atoms with E-state index in [1.54, 1.807) is 20.8 Å². The molecule has 2 aliphatic heterocycles. The summed E-state index contributed by atoms with van der Waals surface area (Å²) in [6.45, 7) is 5.98. The Labute approximate surface area is 318 Å². The van der Waals surface area contributed by atoms with Gasteiger partial charge in [0.2, 0.25) is 0 Å². The van der Waals surface area contributed by atoms with E-state index < -0.39 is 59.7 Å². The minimum atomic E-state index is -1.49. The average molecular weight is 744 g/mol. The highest BCUT2D eigenvalue weighted by Crippen LogP contribution is 2.33. The van der Waals surface area contributed by atoms with Gasteiger partial charge in [0.25, 0.3) is 0 Å². The molecule has 1 saturated heterocycles. The maximum absolute atomic E-state index is 13.4. The minimum Gasteiger partial charge on any atom is -0.467 e. The zero-order chi connectivity index (χ0) is 38.4. The number of hydrogen-bond acceptors (Lipinski definition) is 10. The fourth-order valence-corrected chi connectivity index (χ4v) is 6.65. The van der Waals surface area contributed by atoms with Gasteiger partial charge < -0.3 is 38.5 Å². The SMILES string of the molecule is COC(=O)[C@@]1(NC(=O)OC(C)(C)C)C/C=C\C[C@@H]2O[C@H](COC(=O)CCC1)[C@H](OCc1ccccc1)[C@H](OCc1ccccc1)[C@H]2OCc1ccccc1. The molecule has 0 spiro atoms. The smallest absolute Gasteiger partial charge is 0.408 e. The molecule has 0 unspecified atom stereocenters. The largest absolute Gasteiger partial charge is 0.467 e. The number of carbonyl (C=O) groups is 3. The number of carbonyl (C=O) groups excluding carboxylic acids is 3. The van der Waals surface area contributed by atoms with Crippen LogP contribution in [0.1, 0.15) is 69.6 Å². The number of fused-ring (bicyclic) bond motifs is 2. The van der Waals surface area contributed by atoms with E-state index in [2.05, 4.69) is 5.32 Å². The van der Waals surface area contributed by atoms with Crippen LogP contribution in [0.3, 0.4) is 0 Å². The van der Waals surface area contributed by atoms with E-state index in [9.17, 15) is 14.4 Å². The number of cyclic esters (lactones) is 1. The van der Waals surface area contributed by atoms with Gasteiger partial charge in [0.05, 0.1) is 33.0 Å². The first-order valence-electron chi connectivity index (χ1n) is 18.6. The second-order valence-corrected chi connectivity index (χ2v) is 14.6. The molecule has 290 valence electrons. The molecule has 3 aromatic rings. The van der Waals surface area contributed by atoms with Gasteiger partial charge in [0.1, 0.15) is 42.2 Å². The normalized spacial score (nSPS) is 25.7. The van der Waals surface area contributed by atoms with E-state index >= 15 is 0 Å². The third-order valence-electron chi connectivity index (χ3n) is 9.30. The van der Waals surface area contributed by atoms with E-state index in [1.165, 1.54) is 7.11 Å². The molecule has 5 rings (SSSR count). The topological polar surface area (TPSA) is 128 Å². The van der Waals surface area contributed by atoms with Crippen molar-refractivity contribution in [1.82, 2.24) is 5.32 Å². The monoisotopic (exact) mass is 743 g/mol. The fraction of sp³-hybridized carbons (Fsp3) is 0.465. The van der Waals surface area contributed by atoms with Crippen molar-refractivity contribution < 1.29 is 47.5 Å². The highest BCUT2D eigenvalue weighted by atomic mass is 16.6. The van der Waals surface area contributed by atoms with Gasteiger partial charge in [0, 0.05) is 6.42 Å². The van der Waals surface area contributed by atoms with Gasteiger partial charge in [0.15, 0.2) is 0 Å². The number of alkyl carbamates (subject to hydrolysis) is 1. The van der Waals surface area contributed by atoms with E-state index in [-0.39, 0.29) is 52.1 Å². The first kappa shape index (κ1) is 40.6. The van der Waals surface area contributed by atoms with Gasteiger partial charge in [-0.25, -0.2) is 9.59 Å². The second kappa shape index (κ2) is 19.7. The lowest BCUT2D eigenvalue weighted by Crippen LogP contribution is -2.61. The summed E-state index contributed by atoms with van der Waals surface area (Å²) in [7, 11) is 1.26. The Morgan fingerprint density at radius 1 is 0.759 bits per heavy atom. The third-order valence-corrected chi connectivity index (χ3v) is 9.30. The quantitative estimate of drug-likeness (QED) is 0.125. The van der Waals surface area contributed by atoms with Crippen molar-refractivity contribution >= 4 is 18.0 Å². The van der Waals surface area contributed by atoms with Gasteiger partial charge in [-0.05, 0) is 63.1 Å². The predicted molar refractivity (Wildman–Crippen MR) is 201 cm³/mol. The molecule has 1 amide bonds. The molecule has 2 bridgehead atoms. The summed E-state index contributed by atoms with van der Waals surface area (Å²) in [5.74, 6) is -1.13. The van der Waals surface area contributed by atoms with E-state index in [4.69, 9.17) is 33.2 Å². The highest BCUT2D eigenvalue weighted by Gasteiger charge is 2.49. The van der Waals surface area contributed by atoms with Crippen molar-refractivity contribution in [3.63, 3.8) is 0 Å². The van der Waals surface area contributed by atoms with E-state index in [0.717, 1.165) is 16.7 Å². The average Bonchev–Trinajstić information content (AvgIpc) is 3.16. The van der Waals surface area contributed by atoms with Crippen LogP contribution in [-0.2, 0) is 62.6 Å². The maximum atomic E-state index is 13.4. The fourth-order valence-electron chi connectivity index (χ4n) is 6.65. The molecule has 2 aliphatic rings. The number of methoxy groups -OCH3 is 1. The number of benzene rings is 3. The summed E-state index contributed by atoms with van der Waals surface area (Å²) < 4.78 is 43.4. The molecule has 6 atom stereocenters. The summed E-state index contributed by atoms with van der Waals surface area (Å²) in [5.41, 5.74) is 0.636. The molecule has 1 N–H and O–H groups in total. The molecule has 1 fully saturated rings. The van der Waals surface area contributed by atoms with Gasteiger partial charge in [-0.1, -0.05) is 103 Å². The van der Waals surface area contributed by atoms with E-state index in [0.29, 0.717) is 6.42 Å². The van der Waals surface area contributed by atoms with Crippen LogP contribution < -0.4 is 5.32 Å². The zero-order valence-corrected chi connectivity index (χ0v) is 31.6. The number of nitrogens with one attached hydrogen (secondary N) is 1. The lowest BCUT2D eigenvalue weighted by Gasteiger charge is -2.46. The molecule has 0 radical (unpaired) electrons. The summed E-state index contributed by atoms with van der Waals surface area (Å²) in [4.78, 5) is 39.7. The molecular weight excluding hydrogens is 690 g/mol. The summed E-state index contributed by atoms with van der Waals surface area (Å²) in [6, 6.07) is 29.5. The van der Waals surface area contributed by atoms with Crippen molar-refractivity contribution in [2.24, 2.45) is 0 Å². The highest BCUT2D eigenvalue weighted by molar-refractivity contribution is 5.86. The standard InChI is InChI=1S/C43H53NO10/c1-42(2,3)54-41(47)44-43(40(46)48-4)25-15-14-23-34-37(50-27-31-17-8-5-9-18-31)39(52-29-33-21-12-7-13-22-33)38(51-28-32-19-10-6-11-20-32)35(53-34)30-49-36(45)24-16-26-43/h5-15,17-22,34-35,37-39H,16,23-30H2,1-4H3,(H,44,47)/b15-14-/t34-,35+,37-,38-,39+,43+/m0/s1. The van der Waals surface area contributed by atoms with Gasteiger partial charge in [-0.2, -0.15) is 0 Å². The third kappa shape index (κ3) is 12.0. The maximum Gasteiger partial charge on any atom is 0.408 e. The number of rotatable bonds is 11. The van der Waals surface area contributed by atoms with Crippen LogP contribution >= 0.6 is 0 Å². The molecule has 0 aromatic heterocycles. The predicted octanol–water partition coefficient (Wildman–Crippen LogP) is 7.01. The lowest BCUT2D eigenvalue weighted by atomic mass is 9.87. The van der Waals surface area contributed by atoms with Gasteiger partial charge in [-0.3, -0.25) is 4.79 Å². The van der Waals surface area contributed by atoms with Crippen LogP contribution in [0.2, 0.25) is 0 Å². The lowest BCUT2D eigenvalue weighted by molar-refractivity contribution is -0.270.